The zero-order valence-corrected chi connectivity index (χ0v) is 9.21. The van der Waals surface area contributed by atoms with Gasteiger partial charge >= 0.3 is 5.97 Å². The first-order chi connectivity index (χ1) is 7.02. The Morgan fingerprint density at radius 2 is 2.27 bits per heavy atom. The van der Waals surface area contributed by atoms with Crippen LogP contribution in [0.15, 0.2) is 24.8 Å². The number of nitrogens with one attached hydrogen (secondary N) is 1. The second kappa shape index (κ2) is 6.81. The van der Waals surface area contributed by atoms with Gasteiger partial charge in [-0.25, -0.2) is 4.79 Å². The van der Waals surface area contributed by atoms with Gasteiger partial charge in [-0.3, -0.25) is 4.79 Å². The van der Waals surface area contributed by atoms with Crippen LogP contribution in [0.5, 0.6) is 0 Å². The quantitative estimate of drug-likeness (QED) is 0.422. The molecule has 84 valence electrons. The van der Waals surface area contributed by atoms with Crippen molar-refractivity contribution in [2.45, 2.75) is 13.3 Å². The van der Waals surface area contributed by atoms with Crippen LogP contribution in [-0.2, 0) is 14.3 Å². The van der Waals surface area contributed by atoms with E-state index < -0.39 is 0 Å². The van der Waals surface area contributed by atoms with Crippen molar-refractivity contribution in [3.63, 3.8) is 0 Å². The molecule has 0 aromatic rings. The van der Waals surface area contributed by atoms with Gasteiger partial charge in [0.25, 0.3) is 0 Å². The van der Waals surface area contributed by atoms with Crippen molar-refractivity contribution in [2.24, 2.45) is 5.92 Å². The highest BCUT2D eigenvalue weighted by Crippen LogP contribution is 2.08. The number of carbonyl (C=O) groups excluding carboxylic acids is 2. The molecule has 4 heteroatoms. The van der Waals surface area contributed by atoms with E-state index in [2.05, 4.69) is 23.2 Å². The van der Waals surface area contributed by atoms with Gasteiger partial charge in [-0.2, -0.15) is 0 Å². The first-order valence-corrected chi connectivity index (χ1v) is 4.67. The van der Waals surface area contributed by atoms with Crippen LogP contribution in [0.2, 0.25) is 0 Å². The highest BCUT2D eigenvalue weighted by molar-refractivity contribution is 5.86. The Kier molecular flexibility index (Phi) is 6.09. The normalized spacial score (nSPS) is 18.3. The largest absolute Gasteiger partial charge is 0.466 e. The van der Waals surface area contributed by atoms with Crippen molar-refractivity contribution < 1.29 is 14.3 Å². The molecule has 1 aliphatic heterocycles. The summed E-state index contributed by atoms with van der Waals surface area (Å²) in [5.41, 5.74) is 0.433. The Morgan fingerprint density at radius 1 is 1.67 bits per heavy atom. The summed E-state index contributed by atoms with van der Waals surface area (Å²) in [5.74, 6) is -0.144. The summed E-state index contributed by atoms with van der Waals surface area (Å²) in [6, 6.07) is 0. The summed E-state index contributed by atoms with van der Waals surface area (Å²) >= 11 is 0. The highest BCUT2D eigenvalue weighted by Gasteiger charge is 2.19. The van der Waals surface area contributed by atoms with Gasteiger partial charge < -0.3 is 10.1 Å². The van der Waals surface area contributed by atoms with Crippen LogP contribution >= 0.6 is 0 Å². The van der Waals surface area contributed by atoms with Gasteiger partial charge in [0, 0.05) is 12.1 Å². The predicted octanol–water partition coefficient (Wildman–Crippen LogP) is 1.04. The number of hydrogen-bond acceptors (Lipinski definition) is 3. The Hall–Kier alpha value is -1.58. The maximum absolute atomic E-state index is 10.6. The molecule has 0 spiro atoms. The van der Waals surface area contributed by atoms with Gasteiger partial charge in [0.2, 0.25) is 5.91 Å². The average molecular weight is 211 g/mol. The number of hydrogen-bond donors (Lipinski definition) is 1. The fraction of sp³-hybridized carbons (Fsp3) is 0.455. The number of amides is 1. The summed E-state index contributed by atoms with van der Waals surface area (Å²) in [5, 5.41) is 2.71. The van der Waals surface area contributed by atoms with E-state index in [1.165, 1.54) is 7.11 Å². The van der Waals surface area contributed by atoms with Crippen molar-refractivity contribution in [1.82, 2.24) is 5.32 Å². The molecule has 1 fully saturated rings. The summed E-state index contributed by atoms with van der Waals surface area (Å²) in [7, 11) is 1.33. The third kappa shape index (κ3) is 5.00. The third-order valence-corrected chi connectivity index (χ3v) is 1.91. The topological polar surface area (TPSA) is 55.4 Å². The smallest absolute Gasteiger partial charge is 0.332 e. The number of rotatable bonds is 2. The van der Waals surface area contributed by atoms with Crippen molar-refractivity contribution >= 4 is 11.9 Å². The van der Waals surface area contributed by atoms with Gasteiger partial charge in [-0.05, 0) is 13.3 Å². The lowest BCUT2D eigenvalue weighted by molar-refractivity contribution is -0.136. The maximum Gasteiger partial charge on any atom is 0.332 e. The molecule has 0 aliphatic carbocycles. The standard InChI is InChI=1S/C6H9NO.C5H8O2/c1-2-5-3-4-7-6(5)8;1-4(2)5(6)7-3/h2,5H,1,3-4H2,(H,7,8);1H2,2-3H3. The molecule has 15 heavy (non-hydrogen) atoms. The summed E-state index contributed by atoms with van der Waals surface area (Å²) in [6.07, 6.45) is 2.62. The van der Waals surface area contributed by atoms with Crippen molar-refractivity contribution in [3.8, 4) is 0 Å². The van der Waals surface area contributed by atoms with Gasteiger partial charge in [0.05, 0.1) is 13.0 Å². The molecular formula is C11H17NO3. The van der Waals surface area contributed by atoms with Gasteiger partial charge in [-0.15, -0.1) is 6.58 Å². The minimum absolute atomic E-state index is 0.0787. The second-order valence-corrected chi connectivity index (χ2v) is 3.19. The molecule has 1 N–H and O–H groups in total. The van der Waals surface area contributed by atoms with Crippen LogP contribution in [0.25, 0.3) is 0 Å². The SMILES string of the molecule is C=C(C)C(=O)OC.C=CC1CCNC1=O. The van der Waals surface area contributed by atoms with Crippen LogP contribution in [0.4, 0.5) is 0 Å². The molecule has 1 aliphatic rings. The van der Waals surface area contributed by atoms with Crippen LogP contribution in [0.1, 0.15) is 13.3 Å². The molecule has 0 radical (unpaired) electrons. The van der Waals surface area contributed by atoms with Crippen molar-refractivity contribution in [3.05, 3.63) is 24.8 Å². The Labute approximate surface area is 90.0 Å². The van der Waals surface area contributed by atoms with E-state index in [9.17, 15) is 9.59 Å². The van der Waals surface area contributed by atoms with E-state index in [1.54, 1.807) is 13.0 Å². The van der Waals surface area contributed by atoms with Crippen molar-refractivity contribution in [2.75, 3.05) is 13.7 Å². The van der Waals surface area contributed by atoms with Crippen LogP contribution in [0, 0.1) is 5.92 Å². The van der Waals surface area contributed by atoms with Crippen LogP contribution < -0.4 is 5.32 Å². The number of ether oxygens (including phenoxy) is 1. The lowest BCUT2D eigenvalue weighted by Gasteiger charge is -1.93. The summed E-state index contributed by atoms with van der Waals surface area (Å²) < 4.78 is 4.27. The first kappa shape index (κ1) is 13.4. The lowest BCUT2D eigenvalue weighted by Crippen LogP contribution is -2.17. The Bertz CT molecular complexity index is 271. The Morgan fingerprint density at radius 3 is 2.40 bits per heavy atom. The molecule has 1 heterocycles. The second-order valence-electron chi connectivity index (χ2n) is 3.19. The maximum atomic E-state index is 10.6. The molecule has 0 aromatic carbocycles. The highest BCUT2D eigenvalue weighted by atomic mass is 16.5. The third-order valence-electron chi connectivity index (χ3n) is 1.91. The van der Waals surface area contributed by atoms with Crippen LogP contribution in [-0.4, -0.2) is 25.5 Å². The zero-order chi connectivity index (χ0) is 11.8. The molecule has 1 atom stereocenters. The average Bonchev–Trinajstić information content (AvgIpc) is 2.63. The first-order valence-electron chi connectivity index (χ1n) is 4.67. The number of esters is 1. The van der Waals surface area contributed by atoms with E-state index in [0.717, 1.165) is 13.0 Å². The van der Waals surface area contributed by atoms with E-state index >= 15 is 0 Å². The van der Waals surface area contributed by atoms with E-state index in [0.29, 0.717) is 5.57 Å². The monoisotopic (exact) mass is 211 g/mol. The molecule has 0 aromatic heterocycles. The fourth-order valence-corrected chi connectivity index (χ4v) is 1.01. The van der Waals surface area contributed by atoms with Gasteiger partial charge in [-0.1, -0.05) is 12.7 Å². The molecule has 4 nitrogen and oxygen atoms in total. The minimum atomic E-state index is -0.347. The molecule has 1 unspecified atom stereocenters. The molecular weight excluding hydrogens is 194 g/mol. The summed E-state index contributed by atoms with van der Waals surface area (Å²) in [4.78, 5) is 20.8. The van der Waals surface area contributed by atoms with E-state index in [1.807, 2.05) is 0 Å². The molecule has 1 rings (SSSR count). The molecule has 0 saturated carbocycles. The summed E-state index contributed by atoms with van der Waals surface area (Å²) in [6.45, 7) is 9.30. The van der Waals surface area contributed by atoms with E-state index in [4.69, 9.17) is 0 Å². The van der Waals surface area contributed by atoms with Gasteiger partial charge in [0.15, 0.2) is 0 Å². The Balaban J connectivity index is 0.000000265. The number of carbonyl (C=O) groups is 2. The lowest BCUT2D eigenvalue weighted by atomic mass is 10.1. The fourth-order valence-electron chi connectivity index (χ4n) is 1.01. The molecule has 1 amide bonds. The minimum Gasteiger partial charge on any atom is -0.466 e. The van der Waals surface area contributed by atoms with Crippen molar-refractivity contribution in [1.29, 1.82) is 0 Å². The molecule has 0 bridgehead atoms. The predicted molar refractivity (Wildman–Crippen MR) is 58.1 cm³/mol. The van der Waals surface area contributed by atoms with Gasteiger partial charge in [0.1, 0.15) is 0 Å². The van der Waals surface area contributed by atoms with Crippen LogP contribution in [0.3, 0.4) is 0 Å². The molecule has 1 saturated heterocycles. The van der Waals surface area contributed by atoms with E-state index in [-0.39, 0.29) is 17.8 Å². The number of methoxy groups -OCH3 is 1. The zero-order valence-electron chi connectivity index (χ0n) is 9.21.